The largest absolute Gasteiger partial charge is 0.493 e. The van der Waals surface area contributed by atoms with Crippen LogP contribution in [0, 0.1) is 20.8 Å². The maximum absolute atomic E-state index is 12.3. The predicted molar refractivity (Wildman–Crippen MR) is 108 cm³/mol. The Bertz CT molecular complexity index is 863. The van der Waals surface area contributed by atoms with Gasteiger partial charge in [-0.3, -0.25) is 14.3 Å². The molecule has 0 spiro atoms. The third-order valence-electron chi connectivity index (χ3n) is 4.35. The normalized spacial score (nSPS) is 11.8. The van der Waals surface area contributed by atoms with Crippen LogP contribution in [0.2, 0.25) is 5.02 Å². The Morgan fingerprint density at radius 2 is 2.00 bits per heavy atom. The van der Waals surface area contributed by atoms with Gasteiger partial charge >= 0.3 is 5.97 Å². The van der Waals surface area contributed by atoms with Crippen molar-refractivity contribution in [1.82, 2.24) is 9.78 Å². The molecule has 7 nitrogen and oxygen atoms in total. The Balaban J connectivity index is 1.75. The van der Waals surface area contributed by atoms with Gasteiger partial charge in [0.15, 0.2) is 6.10 Å². The average Bonchev–Trinajstić information content (AvgIpc) is 2.86. The highest BCUT2D eigenvalue weighted by Gasteiger charge is 2.20. The number of esters is 1. The van der Waals surface area contributed by atoms with E-state index in [-0.39, 0.29) is 12.3 Å². The molecule has 0 aliphatic heterocycles. The fourth-order valence-electron chi connectivity index (χ4n) is 2.66. The summed E-state index contributed by atoms with van der Waals surface area (Å²) in [4.78, 5) is 24.3. The van der Waals surface area contributed by atoms with Crippen LogP contribution in [0.3, 0.4) is 0 Å². The lowest BCUT2D eigenvalue weighted by atomic mass is 10.2. The summed E-state index contributed by atoms with van der Waals surface area (Å²) in [6.45, 7) is 7.48. The van der Waals surface area contributed by atoms with Crippen LogP contribution in [-0.4, -0.2) is 34.4 Å². The van der Waals surface area contributed by atoms with Crippen LogP contribution in [0.1, 0.15) is 36.7 Å². The van der Waals surface area contributed by atoms with Crippen molar-refractivity contribution in [2.24, 2.45) is 7.05 Å². The lowest BCUT2D eigenvalue weighted by Crippen LogP contribution is -2.30. The van der Waals surface area contributed by atoms with Gasteiger partial charge in [-0.2, -0.15) is 5.10 Å². The smallest absolute Gasteiger partial charge is 0.306 e. The minimum absolute atomic E-state index is 0.162. The molecule has 1 heterocycles. The van der Waals surface area contributed by atoms with Crippen molar-refractivity contribution in [2.75, 3.05) is 11.9 Å². The Hall–Kier alpha value is -2.54. The number of rotatable bonds is 8. The molecule has 1 aromatic carbocycles. The third-order valence-corrected chi connectivity index (χ3v) is 4.59. The average molecular weight is 408 g/mol. The maximum atomic E-state index is 12.3. The first kappa shape index (κ1) is 21.8. The van der Waals surface area contributed by atoms with E-state index >= 15 is 0 Å². The van der Waals surface area contributed by atoms with Gasteiger partial charge in [-0.15, -0.1) is 0 Å². The molecule has 0 unspecified atom stereocenters. The van der Waals surface area contributed by atoms with E-state index in [0.29, 0.717) is 29.4 Å². The number of aromatic nitrogens is 2. The second-order valence-corrected chi connectivity index (χ2v) is 7.09. The summed E-state index contributed by atoms with van der Waals surface area (Å²) in [5, 5.41) is 7.66. The summed E-state index contributed by atoms with van der Waals surface area (Å²) < 4.78 is 12.5. The van der Waals surface area contributed by atoms with Crippen molar-refractivity contribution in [3.63, 3.8) is 0 Å². The molecule has 0 bridgehead atoms. The molecule has 1 amide bonds. The van der Waals surface area contributed by atoms with Crippen molar-refractivity contribution in [2.45, 2.75) is 46.6 Å². The molecule has 0 aliphatic rings. The second-order valence-electron chi connectivity index (χ2n) is 6.65. The number of aryl methyl sites for hydroxylation is 3. The Morgan fingerprint density at radius 3 is 2.61 bits per heavy atom. The van der Waals surface area contributed by atoms with Crippen LogP contribution in [0.25, 0.3) is 0 Å². The number of carbonyl (C=O) groups excluding carboxylic acids is 2. The van der Waals surface area contributed by atoms with Crippen LogP contribution in [0.15, 0.2) is 18.2 Å². The first-order valence-corrected chi connectivity index (χ1v) is 9.46. The molecule has 2 rings (SSSR count). The number of anilines is 1. The number of halogens is 1. The molecular formula is C20H26ClN3O4. The summed E-state index contributed by atoms with van der Waals surface area (Å²) in [7, 11) is 1.80. The quantitative estimate of drug-likeness (QED) is 0.532. The molecule has 0 radical (unpaired) electrons. The number of hydrogen-bond donors (Lipinski definition) is 1. The maximum Gasteiger partial charge on any atom is 0.306 e. The fourth-order valence-corrected chi connectivity index (χ4v) is 2.89. The summed E-state index contributed by atoms with van der Waals surface area (Å²) in [5.41, 5.74) is 3.11. The van der Waals surface area contributed by atoms with Crippen LogP contribution in [0.5, 0.6) is 5.75 Å². The lowest BCUT2D eigenvalue weighted by Gasteiger charge is -2.14. The van der Waals surface area contributed by atoms with E-state index in [1.807, 2.05) is 26.8 Å². The van der Waals surface area contributed by atoms with E-state index in [9.17, 15) is 9.59 Å². The van der Waals surface area contributed by atoms with Crippen molar-refractivity contribution in [1.29, 1.82) is 0 Å². The molecule has 0 fully saturated rings. The minimum Gasteiger partial charge on any atom is -0.493 e. The molecular weight excluding hydrogens is 382 g/mol. The van der Waals surface area contributed by atoms with Crippen molar-refractivity contribution < 1.29 is 19.1 Å². The van der Waals surface area contributed by atoms with Gasteiger partial charge < -0.3 is 14.8 Å². The Kier molecular flexibility index (Phi) is 7.45. The highest BCUT2D eigenvalue weighted by molar-refractivity contribution is 6.30. The van der Waals surface area contributed by atoms with Crippen molar-refractivity contribution >= 4 is 29.2 Å². The highest BCUT2D eigenvalue weighted by atomic mass is 35.5. The summed E-state index contributed by atoms with van der Waals surface area (Å²) in [6.07, 6.45) is -0.253. The molecule has 152 valence electrons. The summed E-state index contributed by atoms with van der Waals surface area (Å²) in [6, 6.07) is 5.37. The standard InChI is InChI=1S/C20H26ClN3O4/c1-12-11-16(21)8-9-17(12)27-10-6-7-18(25)28-15(4)20(26)22-19-13(2)23-24(5)14(19)3/h8-9,11,15H,6-7,10H2,1-5H3,(H,22,26)/t15-/m0/s1. The molecule has 1 aromatic heterocycles. The van der Waals surface area contributed by atoms with Gasteiger partial charge in [0.05, 0.1) is 23.7 Å². The molecule has 2 aromatic rings. The van der Waals surface area contributed by atoms with Gasteiger partial charge in [-0.05, 0) is 57.9 Å². The third kappa shape index (κ3) is 5.73. The Labute approximate surface area is 170 Å². The van der Waals surface area contributed by atoms with Gasteiger partial charge in [0.2, 0.25) is 0 Å². The number of carbonyl (C=O) groups is 2. The number of hydrogen-bond acceptors (Lipinski definition) is 5. The first-order chi connectivity index (χ1) is 13.2. The van der Waals surface area contributed by atoms with Crippen molar-refractivity contribution in [3.8, 4) is 5.75 Å². The summed E-state index contributed by atoms with van der Waals surface area (Å²) in [5.74, 6) is -0.105. The van der Waals surface area contributed by atoms with Gasteiger partial charge in [0, 0.05) is 18.5 Å². The van der Waals surface area contributed by atoms with E-state index in [1.165, 1.54) is 0 Å². The zero-order valence-corrected chi connectivity index (χ0v) is 17.6. The minimum atomic E-state index is -0.897. The van der Waals surface area contributed by atoms with Gasteiger partial charge in [-0.25, -0.2) is 0 Å². The van der Waals surface area contributed by atoms with E-state index in [1.54, 1.807) is 30.8 Å². The topological polar surface area (TPSA) is 82.4 Å². The van der Waals surface area contributed by atoms with E-state index in [2.05, 4.69) is 10.4 Å². The number of benzene rings is 1. The first-order valence-electron chi connectivity index (χ1n) is 9.08. The van der Waals surface area contributed by atoms with E-state index < -0.39 is 12.1 Å². The predicted octanol–water partition coefficient (Wildman–Crippen LogP) is 3.73. The number of amides is 1. The molecule has 1 N–H and O–H groups in total. The van der Waals surface area contributed by atoms with Crippen LogP contribution >= 0.6 is 11.6 Å². The number of ether oxygens (including phenoxy) is 2. The molecule has 0 aliphatic carbocycles. The Morgan fingerprint density at radius 1 is 1.29 bits per heavy atom. The summed E-state index contributed by atoms with van der Waals surface area (Å²) >= 11 is 5.91. The van der Waals surface area contributed by atoms with Crippen LogP contribution in [-0.2, 0) is 21.4 Å². The molecule has 0 saturated carbocycles. The van der Waals surface area contributed by atoms with Crippen molar-refractivity contribution in [3.05, 3.63) is 40.2 Å². The second kappa shape index (κ2) is 9.59. The zero-order valence-electron chi connectivity index (χ0n) is 16.8. The zero-order chi connectivity index (χ0) is 20.8. The van der Waals surface area contributed by atoms with Gasteiger partial charge in [-0.1, -0.05) is 11.6 Å². The number of nitrogens with zero attached hydrogens (tertiary/aromatic N) is 2. The van der Waals surface area contributed by atoms with Crippen LogP contribution < -0.4 is 10.1 Å². The highest BCUT2D eigenvalue weighted by Crippen LogP contribution is 2.22. The molecule has 1 atom stereocenters. The molecule has 0 saturated heterocycles. The lowest BCUT2D eigenvalue weighted by molar-refractivity contribution is -0.153. The number of nitrogens with one attached hydrogen (secondary N) is 1. The fraction of sp³-hybridized carbons (Fsp3) is 0.450. The van der Waals surface area contributed by atoms with Gasteiger partial charge in [0.25, 0.3) is 5.91 Å². The van der Waals surface area contributed by atoms with Gasteiger partial charge in [0.1, 0.15) is 5.75 Å². The monoisotopic (exact) mass is 407 g/mol. The van der Waals surface area contributed by atoms with Crippen LogP contribution in [0.4, 0.5) is 5.69 Å². The van der Waals surface area contributed by atoms with E-state index in [4.69, 9.17) is 21.1 Å². The van der Waals surface area contributed by atoms with E-state index in [0.717, 1.165) is 17.0 Å². The SMILES string of the molecule is Cc1cc(Cl)ccc1OCCCC(=O)O[C@@H](C)C(=O)Nc1c(C)nn(C)c1C. The molecule has 28 heavy (non-hydrogen) atoms. The molecule has 8 heteroatoms.